The highest BCUT2D eigenvalue weighted by Gasteiger charge is 2.66. The molecule has 0 unspecified atom stereocenters. The number of carbonyl (C=O) groups is 1. The van der Waals surface area contributed by atoms with Crippen molar-refractivity contribution in [3.8, 4) is 11.5 Å². The Bertz CT molecular complexity index is 1300. The van der Waals surface area contributed by atoms with Gasteiger partial charge in [0.05, 0.1) is 10.7 Å². The smallest absolute Gasteiger partial charge is 0.421 e. The summed E-state index contributed by atoms with van der Waals surface area (Å²) in [5, 5.41) is 6.17. The molecule has 2 heterocycles. The average molecular weight is 550 g/mol. The van der Waals surface area contributed by atoms with Gasteiger partial charge in [-0.05, 0) is 36.6 Å². The molecule has 11 heteroatoms. The van der Waals surface area contributed by atoms with Crippen LogP contribution in [0, 0.1) is 0 Å². The number of rotatable bonds is 6. The van der Waals surface area contributed by atoms with Gasteiger partial charge in [0, 0.05) is 24.2 Å². The molecule has 1 saturated carbocycles. The molecule has 3 aromatic rings. The number of nitrogens with zero attached hydrogens (tertiary/aromatic N) is 1. The summed E-state index contributed by atoms with van der Waals surface area (Å²) < 4.78 is 65.9. The fourth-order valence-electron chi connectivity index (χ4n) is 4.94. The molecule has 2 aliphatic rings. The van der Waals surface area contributed by atoms with Crippen molar-refractivity contribution in [3.05, 3.63) is 88.7 Å². The molecule has 2 N–H and O–H groups in total. The summed E-state index contributed by atoms with van der Waals surface area (Å²) in [7, 11) is 0. The number of urea groups is 1. The van der Waals surface area contributed by atoms with Crippen LogP contribution in [0.1, 0.15) is 42.5 Å². The van der Waals surface area contributed by atoms with Gasteiger partial charge in [0.2, 0.25) is 0 Å². The van der Waals surface area contributed by atoms with Crippen LogP contribution in [0.5, 0.6) is 11.5 Å². The van der Waals surface area contributed by atoms with E-state index in [-0.39, 0.29) is 23.7 Å². The highest BCUT2D eigenvalue weighted by atomic mass is 35.5. The Morgan fingerprint density at radius 2 is 1.68 bits per heavy atom. The molecule has 0 bridgehead atoms. The highest BCUT2D eigenvalue weighted by molar-refractivity contribution is 6.30. The minimum absolute atomic E-state index is 0.0162. The molecule has 2 amide bonds. The van der Waals surface area contributed by atoms with Crippen LogP contribution >= 0.6 is 11.6 Å². The topological polar surface area (TPSA) is 72.5 Å². The molecular formula is C27H24ClF4N3O3. The van der Waals surface area contributed by atoms with Crippen LogP contribution in [0.2, 0.25) is 5.02 Å². The molecule has 5 rings (SSSR count). The lowest BCUT2D eigenvalue weighted by Crippen LogP contribution is -2.56. The van der Waals surface area contributed by atoms with Gasteiger partial charge < -0.3 is 20.1 Å². The molecule has 0 saturated heterocycles. The normalized spacial score (nSPS) is 19.4. The maximum absolute atomic E-state index is 14.4. The summed E-state index contributed by atoms with van der Waals surface area (Å²) in [6, 6.07) is 15.3. The molecule has 1 fully saturated rings. The van der Waals surface area contributed by atoms with Crippen molar-refractivity contribution in [1.82, 2.24) is 15.6 Å². The van der Waals surface area contributed by atoms with Gasteiger partial charge in [0.1, 0.15) is 5.54 Å². The maximum Gasteiger partial charge on any atom is 0.507 e. The molecule has 0 spiro atoms. The number of halogens is 5. The van der Waals surface area contributed by atoms with E-state index in [4.69, 9.17) is 11.6 Å². The molecule has 1 aliphatic heterocycles. The van der Waals surface area contributed by atoms with Crippen molar-refractivity contribution in [2.75, 3.05) is 0 Å². The lowest BCUT2D eigenvalue weighted by atomic mass is 9.79. The minimum atomic E-state index is -4.96. The van der Waals surface area contributed by atoms with Crippen molar-refractivity contribution in [3.63, 3.8) is 0 Å². The molecule has 1 atom stereocenters. The first-order valence-electron chi connectivity index (χ1n) is 12.1. The Kier molecular flexibility index (Phi) is 6.85. The monoisotopic (exact) mass is 549 g/mol. The summed E-state index contributed by atoms with van der Waals surface area (Å²) in [6.07, 6.45) is -4.95. The number of fused-ring (bicyclic) bond motifs is 1. The van der Waals surface area contributed by atoms with Gasteiger partial charge in [0.25, 0.3) is 0 Å². The zero-order valence-electron chi connectivity index (χ0n) is 20.0. The number of hydrogen-bond donors (Lipinski definition) is 2. The first-order valence-corrected chi connectivity index (χ1v) is 12.5. The number of alkyl halides is 4. The third-order valence-corrected chi connectivity index (χ3v) is 6.96. The Morgan fingerprint density at radius 1 is 0.974 bits per heavy atom. The second-order valence-corrected chi connectivity index (χ2v) is 9.82. The Morgan fingerprint density at radius 3 is 2.37 bits per heavy atom. The van der Waals surface area contributed by atoms with Crippen LogP contribution in [0.3, 0.4) is 0 Å². The molecule has 1 aromatic heterocycles. The molecule has 38 heavy (non-hydrogen) atoms. The summed E-state index contributed by atoms with van der Waals surface area (Å²) in [5.41, 5.74) is -0.751. The Hall–Kier alpha value is -3.53. The zero-order chi connectivity index (χ0) is 27.0. The molecule has 6 nitrogen and oxygen atoms in total. The largest absolute Gasteiger partial charge is 0.507 e. The first-order chi connectivity index (χ1) is 18.1. The van der Waals surface area contributed by atoms with Crippen LogP contribution in [0.25, 0.3) is 0 Å². The quantitative estimate of drug-likeness (QED) is 0.348. The predicted molar refractivity (Wildman–Crippen MR) is 132 cm³/mol. The number of aromatic nitrogens is 1. The minimum Gasteiger partial charge on any atom is -0.421 e. The highest BCUT2D eigenvalue weighted by Crippen LogP contribution is 2.51. The number of pyridine rings is 1. The fraction of sp³-hybridized carbons (Fsp3) is 0.333. The van der Waals surface area contributed by atoms with E-state index in [2.05, 4.69) is 25.1 Å². The predicted octanol–water partition coefficient (Wildman–Crippen LogP) is 6.42. The van der Waals surface area contributed by atoms with Crippen molar-refractivity contribution in [2.45, 2.75) is 55.9 Å². The number of amides is 2. The van der Waals surface area contributed by atoms with E-state index < -0.39 is 35.3 Å². The van der Waals surface area contributed by atoms with E-state index in [1.54, 1.807) is 30.3 Å². The SMILES string of the molecule is O=C(NC1CCCC1)N[C@](Cc1ccccc1)(c1ccc(Cl)cn1)c1cccc2c1OC(F)(F)C(F)(F)O2. The van der Waals surface area contributed by atoms with Crippen molar-refractivity contribution in [1.29, 1.82) is 0 Å². The van der Waals surface area contributed by atoms with Crippen LogP contribution in [0.15, 0.2) is 66.9 Å². The van der Waals surface area contributed by atoms with E-state index in [0.29, 0.717) is 10.6 Å². The maximum atomic E-state index is 14.4. The van der Waals surface area contributed by atoms with Crippen molar-refractivity contribution < 1.29 is 31.8 Å². The van der Waals surface area contributed by atoms with Crippen molar-refractivity contribution in [2.24, 2.45) is 0 Å². The van der Waals surface area contributed by atoms with Gasteiger partial charge in [-0.2, -0.15) is 17.6 Å². The van der Waals surface area contributed by atoms with Gasteiger partial charge in [-0.1, -0.05) is 66.9 Å². The van der Waals surface area contributed by atoms with Gasteiger partial charge in [-0.15, -0.1) is 0 Å². The number of benzene rings is 2. The number of nitrogens with one attached hydrogen (secondary N) is 2. The zero-order valence-corrected chi connectivity index (χ0v) is 20.8. The lowest BCUT2D eigenvalue weighted by Gasteiger charge is -2.39. The average Bonchev–Trinajstić information content (AvgIpc) is 3.37. The van der Waals surface area contributed by atoms with E-state index in [1.807, 2.05) is 0 Å². The van der Waals surface area contributed by atoms with Crippen LogP contribution < -0.4 is 20.1 Å². The van der Waals surface area contributed by atoms with Crippen LogP contribution in [0.4, 0.5) is 22.4 Å². The number of para-hydroxylation sites is 1. The Labute approximate surface area is 221 Å². The fourth-order valence-corrected chi connectivity index (χ4v) is 5.05. The van der Waals surface area contributed by atoms with Gasteiger partial charge in [0.15, 0.2) is 11.5 Å². The second-order valence-electron chi connectivity index (χ2n) is 9.38. The number of carbonyl (C=O) groups excluding carboxylic acids is 1. The van der Waals surface area contributed by atoms with Crippen LogP contribution in [-0.2, 0) is 12.0 Å². The Balaban J connectivity index is 1.70. The van der Waals surface area contributed by atoms with E-state index in [0.717, 1.165) is 31.7 Å². The summed E-state index contributed by atoms with van der Waals surface area (Å²) in [5.74, 6) is -1.22. The van der Waals surface area contributed by atoms with E-state index in [9.17, 15) is 22.4 Å². The van der Waals surface area contributed by atoms with Gasteiger partial charge in [-0.3, -0.25) is 4.98 Å². The number of hydrogen-bond acceptors (Lipinski definition) is 4. The van der Waals surface area contributed by atoms with E-state index >= 15 is 0 Å². The van der Waals surface area contributed by atoms with Gasteiger partial charge >= 0.3 is 18.2 Å². The molecule has 0 radical (unpaired) electrons. The number of ether oxygens (including phenoxy) is 2. The standard InChI is InChI=1S/C27H24ClF4N3O3/c28-18-13-14-22(33-16-18)25(15-17-7-2-1-3-8-17,35-24(36)34-19-9-4-5-10-19)20-11-6-12-21-23(20)38-27(31,32)26(29,30)37-21/h1-3,6-8,11-14,16,19H,4-5,9-10,15H2,(H2,34,35,36)/t25-/m0/s1. The molecular weight excluding hydrogens is 526 g/mol. The third-order valence-electron chi connectivity index (χ3n) is 6.74. The molecule has 200 valence electrons. The summed E-state index contributed by atoms with van der Waals surface area (Å²) in [6.45, 7) is 0. The lowest BCUT2D eigenvalue weighted by molar-refractivity contribution is -0.391. The summed E-state index contributed by atoms with van der Waals surface area (Å²) in [4.78, 5) is 17.8. The first kappa shape index (κ1) is 26.1. The van der Waals surface area contributed by atoms with Gasteiger partial charge in [-0.25, -0.2) is 4.79 Å². The summed E-state index contributed by atoms with van der Waals surface area (Å²) >= 11 is 6.08. The van der Waals surface area contributed by atoms with Crippen LogP contribution in [-0.4, -0.2) is 29.3 Å². The van der Waals surface area contributed by atoms with Crippen molar-refractivity contribution >= 4 is 17.6 Å². The third kappa shape index (κ3) is 4.97. The second kappa shape index (κ2) is 9.98. The van der Waals surface area contributed by atoms with E-state index in [1.165, 1.54) is 30.5 Å². The molecule has 1 aliphatic carbocycles. The molecule has 2 aromatic carbocycles.